The molecule has 0 aliphatic heterocycles. The number of benzene rings is 1. The van der Waals surface area contributed by atoms with Crippen LogP contribution in [-0.4, -0.2) is 23.1 Å². The van der Waals surface area contributed by atoms with Crippen molar-refractivity contribution >= 4 is 6.08 Å². The van der Waals surface area contributed by atoms with Crippen molar-refractivity contribution in [1.82, 2.24) is 0 Å². The molecule has 0 fully saturated rings. The van der Waals surface area contributed by atoms with E-state index in [1.54, 1.807) is 0 Å². The van der Waals surface area contributed by atoms with Gasteiger partial charge in [0.05, 0.1) is 5.56 Å². The predicted octanol–water partition coefficient (Wildman–Crippen LogP) is 4.96. The van der Waals surface area contributed by atoms with Gasteiger partial charge < -0.3 is 5.11 Å². The van der Waals surface area contributed by atoms with E-state index in [0.29, 0.717) is 12.1 Å². The van der Waals surface area contributed by atoms with Crippen molar-refractivity contribution in [2.24, 2.45) is 0 Å². The maximum atomic E-state index is 13.5. The average molecular weight is 338 g/mol. The molecule has 0 aliphatic rings. The minimum Gasteiger partial charge on any atom is -0.507 e. The van der Waals surface area contributed by atoms with Crippen LogP contribution in [0.25, 0.3) is 6.08 Å². The zero-order valence-electron chi connectivity index (χ0n) is 10.4. The van der Waals surface area contributed by atoms with Crippen LogP contribution in [-0.2, 0) is 5.92 Å². The first-order valence-electron chi connectivity index (χ1n) is 5.36. The molecule has 0 radical (unpaired) electrons. The highest BCUT2D eigenvalue weighted by Crippen LogP contribution is 2.57. The van der Waals surface area contributed by atoms with E-state index in [-0.39, 0.29) is 11.6 Å². The number of hydrogen-bond acceptors (Lipinski definition) is 1. The van der Waals surface area contributed by atoms with Gasteiger partial charge in [-0.15, -0.1) is 0 Å². The molecule has 124 valence electrons. The van der Waals surface area contributed by atoms with Crippen LogP contribution < -0.4 is 0 Å². The second-order valence-electron chi connectivity index (χ2n) is 4.20. The molecule has 0 unspecified atom stereocenters. The summed E-state index contributed by atoms with van der Waals surface area (Å²) < 4.78 is 115. The molecule has 1 aromatic rings. The average Bonchev–Trinajstić information content (AvgIpc) is 2.36. The third kappa shape index (κ3) is 2.50. The van der Waals surface area contributed by atoms with Gasteiger partial charge in [0.15, 0.2) is 0 Å². The molecule has 0 saturated heterocycles. The van der Waals surface area contributed by atoms with Crippen LogP contribution in [0.4, 0.5) is 39.5 Å². The summed E-state index contributed by atoms with van der Waals surface area (Å²) in [7, 11) is 0. The Morgan fingerprint density at radius 1 is 0.864 bits per heavy atom. The molecule has 0 saturated carbocycles. The topological polar surface area (TPSA) is 20.2 Å². The summed E-state index contributed by atoms with van der Waals surface area (Å²) in [5.41, 5.74) is -2.10. The molecule has 0 aliphatic carbocycles. The Morgan fingerprint density at radius 3 is 1.73 bits per heavy atom. The standard InChI is InChI=1S/C12H7F9O/c1-2-6-3-4-7(8(22)5-6)9(13,14)10(15,16)11(17,18)12(19,20)21/h2-5,22H,1H2. The van der Waals surface area contributed by atoms with E-state index in [9.17, 15) is 44.6 Å². The Balaban J connectivity index is 3.48. The van der Waals surface area contributed by atoms with E-state index in [0.717, 1.165) is 6.08 Å². The van der Waals surface area contributed by atoms with Crippen LogP contribution in [0.2, 0.25) is 0 Å². The van der Waals surface area contributed by atoms with Gasteiger partial charge in [-0.05, 0) is 17.7 Å². The number of alkyl halides is 9. The van der Waals surface area contributed by atoms with E-state index in [2.05, 4.69) is 6.58 Å². The molecular formula is C12H7F9O. The van der Waals surface area contributed by atoms with E-state index in [1.165, 1.54) is 0 Å². The Labute approximate surface area is 117 Å². The van der Waals surface area contributed by atoms with Crippen LogP contribution in [0.15, 0.2) is 24.8 Å². The Morgan fingerprint density at radius 2 is 1.36 bits per heavy atom. The maximum absolute atomic E-state index is 13.5. The molecule has 1 nitrogen and oxygen atoms in total. The number of rotatable bonds is 4. The number of phenols is 1. The molecule has 1 rings (SSSR count). The minimum absolute atomic E-state index is 0.0389. The molecule has 0 heterocycles. The van der Waals surface area contributed by atoms with Crippen molar-refractivity contribution in [3.63, 3.8) is 0 Å². The normalized spacial score (nSPS) is 14.0. The van der Waals surface area contributed by atoms with Gasteiger partial charge in [0.25, 0.3) is 0 Å². The molecule has 1 N–H and O–H groups in total. The van der Waals surface area contributed by atoms with E-state index in [1.807, 2.05) is 0 Å². The summed E-state index contributed by atoms with van der Waals surface area (Å²) in [6.07, 6.45) is -5.90. The number of halogens is 9. The summed E-state index contributed by atoms with van der Waals surface area (Å²) in [6.45, 7) is 3.17. The Hall–Kier alpha value is -1.87. The zero-order valence-corrected chi connectivity index (χ0v) is 10.4. The van der Waals surface area contributed by atoms with Crippen molar-refractivity contribution in [2.45, 2.75) is 23.9 Å². The smallest absolute Gasteiger partial charge is 0.460 e. The summed E-state index contributed by atoms with van der Waals surface area (Å²) in [4.78, 5) is 0. The van der Waals surface area contributed by atoms with Crippen molar-refractivity contribution in [1.29, 1.82) is 0 Å². The predicted molar refractivity (Wildman–Crippen MR) is 58.0 cm³/mol. The van der Waals surface area contributed by atoms with Gasteiger partial charge in [-0.2, -0.15) is 39.5 Å². The van der Waals surface area contributed by atoms with Crippen molar-refractivity contribution in [3.05, 3.63) is 35.9 Å². The monoisotopic (exact) mass is 338 g/mol. The molecule has 0 bridgehead atoms. The van der Waals surface area contributed by atoms with Crippen molar-refractivity contribution in [2.75, 3.05) is 0 Å². The van der Waals surface area contributed by atoms with Crippen LogP contribution >= 0.6 is 0 Å². The largest absolute Gasteiger partial charge is 0.507 e. The lowest BCUT2D eigenvalue weighted by atomic mass is 9.95. The fourth-order valence-corrected chi connectivity index (χ4v) is 1.49. The first-order valence-corrected chi connectivity index (χ1v) is 5.36. The number of phenolic OH excluding ortho intramolecular Hbond substituents is 1. The second-order valence-corrected chi connectivity index (χ2v) is 4.20. The van der Waals surface area contributed by atoms with E-state index in [4.69, 9.17) is 0 Å². The Bertz CT molecular complexity index is 574. The molecular weight excluding hydrogens is 331 g/mol. The molecule has 0 aromatic heterocycles. The van der Waals surface area contributed by atoms with E-state index < -0.39 is 35.3 Å². The zero-order chi connectivity index (χ0) is 17.6. The van der Waals surface area contributed by atoms with Crippen LogP contribution in [0.1, 0.15) is 11.1 Å². The lowest BCUT2D eigenvalue weighted by Gasteiger charge is -2.34. The summed E-state index contributed by atoms with van der Waals surface area (Å²) in [6, 6.07) is 1.28. The first-order chi connectivity index (χ1) is 9.70. The second kappa shape index (κ2) is 5.10. The maximum Gasteiger partial charge on any atom is 0.460 e. The van der Waals surface area contributed by atoms with Crippen LogP contribution in [0.3, 0.4) is 0 Å². The summed E-state index contributed by atoms with van der Waals surface area (Å²) in [5, 5.41) is 9.20. The highest BCUT2D eigenvalue weighted by atomic mass is 19.4. The summed E-state index contributed by atoms with van der Waals surface area (Å²) >= 11 is 0. The molecule has 22 heavy (non-hydrogen) atoms. The fraction of sp³-hybridized carbons (Fsp3) is 0.333. The van der Waals surface area contributed by atoms with Gasteiger partial charge in [-0.3, -0.25) is 0 Å². The van der Waals surface area contributed by atoms with Crippen LogP contribution in [0, 0.1) is 0 Å². The van der Waals surface area contributed by atoms with Crippen molar-refractivity contribution < 1.29 is 44.6 Å². The van der Waals surface area contributed by atoms with Gasteiger partial charge in [0.1, 0.15) is 5.75 Å². The highest BCUT2D eigenvalue weighted by molar-refractivity contribution is 5.53. The lowest BCUT2D eigenvalue weighted by Crippen LogP contribution is -2.59. The summed E-state index contributed by atoms with van der Waals surface area (Å²) in [5.74, 6) is -21.4. The fourth-order valence-electron chi connectivity index (χ4n) is 1.49. The number of hydrogen-bond donors (Lipinski definition) is 1. The molecule has 1 aromatic carbocycles. The molecule has 0 spiro atoms. The Kier molecular flexibility index (Phi) is 4.21. The highest BCUT2D eigenvalue weighted by Gasteiger charge is 2.82. The first kappa shape index (κ1) is 18.2. The van der Waals surface area contributed by atoms with E-state index >= 15 is 0 Å². The molecule has 10 heteroatoms. The van der Waals surface area contributed by atoms with Gasteiger partial charge >= 0.3 is 23.9 Å². The van der Waals surface area contributed by atoms with Crippen molar-refractivity contribution in [3.8, 4) is 5.75 Å². The van der Waals surface area contributed by atoms with Gasteiger partial charge in [-0.1, -0.05) is 18.7 Å². The SMILES string of the molecule is C=Cc1ccc(C(F)(F)C(F)(F)C(F)(F)C(F)(F)F)c(O)c1. The minimum atomic E-state index is -7.01. The molecule has 0 atom stereocenters. The van der Waals surface area contributed by atoms with Gasteiger partial charge in [0.2, 0.25) is 0 Å². The quantitative estimate of drug-likeness (QED) is 0.770. The third-order valence-corrected chi connectivity index (χ3v) is 2.74. The van der Waals surface area contributed by atoms with Gasteiger partial charge in [0, 0.05) is 0 Å². The molecule has 0 amide bonds. The van der Waals surface area contributed by atoms with Gasteiger partial charge in [-0.25, -0.2) is 0 Å². The van der Waals surface area contributed by atoms with Crippen LogP contribution in [0.5, 0.6) is 5.75 Å². The lowest BCUT2D eigenvalue weighted by molar-refractivity contribution is -0.399. The third-order valence-electron chi connectivity index (χ3n) is 2.74. The number of aromatic hydroxyl groups is 1.